The SMILES string of the molecule is OC12CC3CC(CC(C3)C1(F)F)C2. The first-order valence-electron chi connectivity index (χ1n) is 5.11. The molecule has 2 unspecified atom stereocenters. The van der Waals surface area contributed by atoms with Crippen LogP contribution in [0.5, 0.6) is 0 Å². The Morgan fingerprint density at radius 3 is 2.00 bits per heavy atom. The van der Waals surface area contributed by atoms with Crippen molar-refractivity contribution < 1.29 is 13.9 Å². The number of rotatable bonds is 0. The van der Waals surface area contributed by atoms with Crippen LogP contribution < -0.4 is 0 Å². The average molecular weight is 188 g/mol. The molecule has 2 atom stereocenters. The first-order valence-corrected chi connectivity index (χ1v) is 5.11. The van der Waals surface area contributed by atoms with Gasteiger partial charge in [-0.25, -0.2) is 8.78 Å². The van der Waals surface area contributed by atoms with Gasteiger partial charge in [0.05, 0.1) is 0 Å². The van der Waals surface area contributed by atoms with Gasteiger partial charge in [-0.05, 0) is 43.9 Å². The van der Waals surface area contributed by atoms with Crippen molar-refractivity contribution in [3.05, 3.63) is 0 Å². The van der Waals surface area contributed by atoms with Crippen molar-refractivity contribution in [3.8, 4) is 0 Å². The predicted molar refractivity (Wildman–Crippen MR) is 43.5 cm³/mol. The van der Waals surface area contributed by atoms with Crippen molar-refractivity contribution in [2.45, 2.75) is 43.6 Å². The van der Waals surface area contributed by atoms with Crippen LogP contribution in [0.2, 0.25) is 0 Å². The molecule has 1 N–H and O–H groups in total. The van der Waals surface area contributed by atoms with Gasteiger partial charge in [-0.2, -0.15) is 0 Å². The highest BCUT2D eigenvalue weighted by Crippen LogP contribution is 2.62. The molecule has 4 aliphatic carbocycles. The van der Waals surface area contributed by atoms with Gasteiger partial charge in [-0.15, -0.1) is 0 Å². The minimum absolute atomic E-state index is 0.340. The Hall–Kier alpha value is -0.180. The zero-order chi connectivity index (χ0) is 9.27. The van der Waals surface area contributed by atoms with E-state index in [0.29, 0.717) is 37.5 Å². The smallest absolute Gasteiger partial charge is 0.278 e. The van der Waals surface area contributed by atoms with E-state index in [1.165, 1.54) is 0 Å². The molecule has 13 heavy (non-hydrogen) atoms. The number of hydrogen-bond acceptors (Lipinski definition) is 1. The fourth-order valence-electron chi connectivity index (χ4n) is 3.88. The van der Waals surface area contributed by atoms with Crippen LogP contribution >= 0.6 is 0 Å². The quantitative estimate of drug-likeness (QED) is 0.617. The molecule has 4 saturated carbocycles. The molecule has 0 aliphatic heterocycles. The summed E-state index contributed by atoms with van der Waals surface area (Å²) in [5, 5.41) is 9.88. The van der Waals surface area contributed by atoms with Gasteiger partial charge in [0, 0.05) is 5.92 Å². The number of aliphatic hydroxyl groups is 1. The minimum atomic E-state index is -2.81. The average Bonchev–Trinajstić information content (AvgIpc) is 1.99. The van der Waals surface area contributed by atoms with E-state index in [2.05, 4.69) is 0 Å². The summed E-state index contributed by atoms with van der Waals surface area (Å²) in [5.41, 5.74) is -1.64. The molecule has 74 valence electrons. The molecule has 1 nitrogen and oxygen atoms in total. The maximum absolute atomic E-state index is 13.6. The Labute approximate surface area is 76.1 Å². The third-order valence-electron chi connectivity index (χ3n) is 4.29. The lowest BCUT2D eigenvalue weighted by Gasteiger charge is -2.58. The number of alkyl halides is 2. The van der Waals surface area contributed by atoms with E-state index in [9.17, 15) is 13.9 Å². The van der Waals surface area contributed by atoms with Crippen LogP contribution in [0, 0.1) is 17.8 Å². The predicted octanol–water partition coefficient (Wildman–Crippen LogP) is 2.19. The van der Waals surface area contributed by atoms with Crippen molar-refractivity contribution in [1.82, 2.24) is 0 Å². The third kappa shape index (κ3) is 0.841. The molecule has 0 aromatic rings. The molecule has 4 fully saturated rings. The first kappa shape index (κ1) is 8.16. The van der Waals surface area contributed by atoms with Crippen molar-refractivity contribution in [2.24, 2.45) is 17.8 Å². The van der Waals surface area contributed by atoms with Gasteiger partial charge < -0.3 is 5.11 Å². The summed E-state index contributed by atoms with van der Waals surface area (Å²) < 4.78 is 27.3. The van der Waals surface area contributed by atoms with E-state index >= 15 is 0 Å². The summed E-state index contributed by atoms with van der Waals surface area (Å²) in [6.45, 7) is 0. The molecule has 3 heteroatoms. The van der Waals surface area contributed by atoms with Crippen LogP contribution in [-0.4, -0.2) is 16.6 Å². The standard InChI is InChI=1S/C10H14F2O/c11-10(12)8-2-6-1-7(3-8)5-9(10,13)4-6/h6-8,13H,1-5H2. The topological polar surface area (TPSA) is 20.2 Å². The molecule has 0 amide bonds. The van der Waals surface area contributed by atoms with E-state index < -0.39 is 17.4 Å². The fourth-order valence-corrected chi connectivity index (χ4v) is 3.88. The Kier molecular flexibility index (Phi) is 1.30. The van der Waals surface area contributed by atoms with Gasteiger partial charge in [0.1, 0.15) is 5.60 Å². The Morgan fingerprint density at radius 1 is 1.00 bits per heavy atom. The largest absolute Gasteiger partial charge is 0.384 e. The van der Waals surface area contributed by atoms with Crippen molar-refractivity contribution in [3.63, 3.8) is 0 Å². The van der Waals surface area contributed by atoms with Gasteiger partial charge >= 0.3 is 0 Å². The molecule has 4 bridgehead atoms. The summed E-state index contributed by atoms with van der Waals surface area (Å²) in [5.74, 6) is -2.58. The summed E-state index contributed by atoms with van der Waals surface area (Å²) in [6.07, 6.45) is 3.05. The highest BCUT2D eigenvalue weighted by Gasteiger charge is 2.67. The molecule has 4 rings (SSSR count). The molecule has 4 aliphatic rings. The highest BCUT2D eigenvalue weighted by molar-refractivity contribution is 5.11. The van der Waals surface area contributed by atoms with Gasteiger partial charge in [-0.3, -0.25) is 0 Å². The monoisotopic (exact) mass is 188 g/mol. The second kappa shape index (κ2) is 2.08. The minimum Gasteiger partial charge on any atom is -0.384 e. The molecule has 0 aromatic heterocycles. The van der Waals surface area contributed by atoms with Crippen molar-refractivity contribution >= 4 is 0 Å². The molecular formula is C10H14F2O. The lowest BCUT2D eigenvalue weighted by Crippen LogP contribution is -2.64. The molecule has 0 aromatic carbocycles. The second-order valence-corrected chi connectivity index (χ2v) is 5.20. The fraction of sp³-hybridized carbons (Fsp3) is 1.00. The third-order valence-corrected chi connectivity index (χ3v) is 4.29. The molecule has 0 heterocycles. The summed E-state index contributed by atoms with van der Waals surface area (Å²) in [4.78, 5) is 0. The van der Waals surface area contributed by atoms with E-state index in [1.54, 1.807) is 0 Å². The van der Waals surface area contributed by atoms with Crippen LogP contribution in [0.25, 0.3) is 0 Å². The van der Waals surface area contributed by atoms with Gasteiger partial charge in [0.25, 0.3) is 5.92 Å². The number of halogens is 2. The first-order chi connectivity index (χ1) is 6.01. The summed E-state index contributed by atoms with van der Waals surface area (Å²) in [6, 6.07) is 0. The molecular weight excluding hydrogens is 174 g/mol. The lowest BCUT2D eigenvalue weighted by atomic mass is 9.52. The van der Waals surface area contributed by atoms with E-state index in [0.717, 1.165) is 6.42 Å². The van der Waals surface area contributed by atoms with Crippen LogP contribution in [0.1, 0.15) is 32.1 Å². The summed E-state index contributed by atoms with van der Waals surface area (Å²) >= 11 is 0. The van der Waals surface area contributed by atoms with Crippen LogP contribution in [-0.2, 0) is 0 Å². The van der Waals surface area contributed by atoms with Crippen molar-refractivity contribution in [2.75, 3.05) is 0 Å². The molecule has 0 radical (unpaired) electrons. The van der Waals surface area contributed by atoms with Gasteiger partial charge in [0.15, 0.2) is 0 Å². The Bertz CT molecular complexity index is 237. The zero-order valence-electron chi connectivity index (χ0n) is 7.47. The van der Waals surface area contributed by atoms with Crippen LogP contribution in [0.15, 0.2) is 0 Å². The second-order valence-electron chi connectivity index (χ2n) is 5.20. The molecule has 0 saturated heterocycles. The zero-order valence-corrected chi connectivity index (χ0v) is 7.47. The normalized spacial score (nSPS) is 57.0. The molecule has 0 spiro atoms. The van der Waals surface area contributed by atoms with Gasteiger partial charge in [0.2, 0.25) is 0 Å². The maximum Gasteiger partial charge on any atom is 0.278 e. The van der Waals surface area contributed by atoms with Crippen molar-refractivity contribution in [1.29, 1.82) is 0 Å². The van der Waals surface area contributed by atoms with Crippen LogP contribution in [0.4, 0.5) is 8.78 Å². The van der Waals surface area contributed by atoms with E-state index in [4.69, 9.17) is 0 Å². The number of hydrogen-bond donors (Lipinski definition) is 1. The summed E-state index contributed by atoms with van der Waals surface area (Å²) in [7, 11) is 0. The van der Waals surface area contributed by atoms with E-state index in [-0.39, 0.29) is 0 Å². The van der Waals surface area contributed by atoms with Gasteiger partial charge in [-0.1, -0.05) is 0 Å². The Balaban J connectivity index is 2.03. The highest BCUT2D eigenvalue weighted by atomic mass is 19.3. The lowest BCUT2D eigenvalue weighted by molar-refractivity contribution is -0.289. The maximum atomic E-state index is 13.6. The Morgan fingerprint density at radius 2 is 1.54 bits per heavy atom. The van der Waals surface area contributed by atoms with E-state index in [1.807, 2.05) is 0 Å². The van der Waals surface area contributed by atoms with Crippen LogP contribution in [0.3, 0.4) is 0 Å².